The van der Waals surface area contributed by atoms with E-state index < -0.39 is 0 Å². The van der Waals surface area contributed by atoms with Crippen LogP contribution in [-0.4, -0.2) is 23.2 Å². The van der Waals surface area contributed by atoms with Gasteiger partial charge < -0.3 is 0 Å². The van der Waals surface area contributed by atoms with Gasteiger partial charge in [0, 0.05) is 12.6 Å². The maximum atomic E-state index is 11.7. The fraction of sp³-hybridized carbons (Fsp3) is 0.571. The fourth-order valence-corrected chi connectivity index (χ4v) is 2.75. The Balaban J connectivity index is 2.17. The lowest BCUT2D eigenvalue weighted by atomic mass is 10.1. The number of hydrogen-bond acceptors (Lipinski definition) is 2. The number of carbonyl (C=O) groups excluding carboxylic acids is 1. The van der Waals surface area contributed by atoms with Crippen LogP contribution in [0.15, 0.2) is 30.3 Å². The third kappa shape index (κ3) is 8.88. The zero-order chi connectivity index (χ0) is 17.6. The molecule has 1 rings (SSSR count). The third-order valence-electron chi connectivity index (χ3n) is 4.21. The summed E-state index contributed by atoms with van der Waals surface area (Å²) < 4.78 is 0. The summed E-state index contributed by atoms with van der Waals surface area (Å²) in [6.07, 6.45) is 17.4. The molecule has 0 aliphatic heterocycles. The Morgan fingerprint density at radius 1 is 1.04 bits per heavy atom. The Morgan fingerprint density at radius 3 is 2.29 bits per heavy atom. The topological polar surface area (TPSA) is 40.5 Å². The Labute approximate surface area is 147 Å². The summed E-state index contributed by atoms with van der Waals surface area (Å²) in [5.41, 5.74) is 1.50. The molecule has 1 aromatic carbocycles. The van der Waals surface area contributed by atoms with Gasteiger partial charge in [0.2, 0.25) is 0 Å². The van der Waals surface area contributed by atoms with Gasteiger partial charge in [0.25, 0.3) is 5.91 Å². The lowest BCUT2D eigenvalue weighted by Crippen LogP contribution is -2.22. The molecule has 134 valence electrons. The van der Waals surface area contributed by atoms with Crippen LogP contribution in [0.4, 0.5) is 0 Å². The maximum Gasteiger partial charge on any atom is 0.276 e. The average molecular weight is 332 g/mol. The number of carbonyl (C=O) groups is 1. The number of hydroxylamine groups is 2. The van der Waals surface area contributed by atoms with Crippen molar-refractivity contribution >= 4 is 12.0 Å². The largest absolute Gasteiger partial charge is 0.286 e. The van der Waals surface area contributed by atoms with Crippen LogP contribution < -0.4 is 0 Å². The molecule has 0 aliphatic rings. The van der Waals surface area contributed by atoms with Crippen LogP contribution >= 0.6 is 0 Å². The number of rotatable bonds is 12. The number of unbranched alkanes of at least 4 members (excludes halogenated alkanes) is 9. The molecule has 0 heterocycles. The van der Waals surface area contributed by atoms with Crippen molar-refractivity contribution < 1.29 is 10.0 Å². The van der Waals surface area contributed by atoms with Crippen LogP contribution in [0, 0.1) is 0 Å². The number of hydrogen-bond donors (Lipinski definition) is 1. The molecule has 1 aromatic rings. The summed E-state index contributed by atoms with van der Waals surface area (Å²) in [6.45, 7) is 2.26. The van der Waals surface area contributed by atoms with E-state index in [1.54, 1.807) is 6.07 Å². The lowest BCUT2D eigenvalue weighted by molar-refractivity contribution is -0.0374. The van der Waals surface area contributed by atoms with E-state index in [-0.39, 0.29) is 5.91 Å². The normalized spacial score (nSPS) is 11.1. The highest BCUT2D eigenvalue weighted by atomic mass is 16.5. The van der Waals surface area contributed by atoms with Gasteiger partial charge in [-0.15, -0.1) is 0 Å². The molecule has 0 aliphatic carbocycles. The quantitative estimate of drug-likeness (QED) is 0.286. The molecule has 0 fully saturated rings. The van der Waals surface area contributed by atoms with Crippen LogP contribution in [0.5, 0.6) is 0 Å². The van der Waals surface area contributed by atoms with Gasteiger partial charge in [0.15, 0.2) is 0 Å². The third-order valence-corrected chi connectivity index (χ3v) is 4.21. The highest BCUT2D eigenvalue weighted by molar-refractivity contribution is 5.93. The number of allylic oxidation sites excluding steroid dienone is 1. The molecule has 3 heteroatoms. The molecule has 0 saturated carbocycles. The van der Waals surface area contributed by atoms with E-state index in [0.29, 0.717) is 10.6 Å². The van der Waals surface area contributed by atoms with Gasteiger partial charge in [-0.2, -0.15) is 0 Å². The van der Waals surface area contributed by atoms with Gasteiger partial charge in [-0.05, 0) is 30.5 Å². The van der Waals surface area contributed by atoms with E-state index in [9.17, 15) is 10.0 Å². The van der Waals surface area contributed by atoms with Crippen molar-refractivity contribution in [2.24, 2.45) is 0 Å². The van der Waals surface area contributed by atoms with Gasteiger partial charge in [0.05, 0.1) is 0 Å². The van der Waals surface area contributed by atoms with E-state index in [1.165, 1.54) is 64.8 Å². The minimum Gasteiger partial charge on any atom is -0.286 e. The fourth-order valence-electron chi connectivity index (χ4n) is 2.75. The SMILES string of the molecule is CCCCCCCCCCCC=Cc1cccc(C(=O)N(C)O)c1. The monoisotopic (exact) mass is 331 g/mol. The molecule has 1 N–H and O–H groups in total. The number of nitrogens with zero attached hydrogens (tertiary/aromatic N) is 1. The first-order valence-corrected chi connectivity index (χ1v) is 9.38. The van der Waals surface area contributed by atoms with E-state index >= 15 is 0 Å². The molecule has 0 aromatic heterocycles. The van der Waals surface area contributed by atoms with Crippen LogP contribution in [0.3, 0.4) is 0 Å². The van der Waals surface area contributed by atoms with E-state index in [1.807, 2.05) is 18.2 Å². The van der Waals surface area contributed by atoms with Crippen molar-refractivity contribution in [3.8, 4) is 0 Å². The molecular formula is C21H33NO2. The van der Waals surface area contributed by atoms with Gasteiger partial charge in [-0.25, -0.2) is 5.06 Å². The standard InChI is InChI=1S/C21H33NO2/c1-3-4-5-6-7-8-9-10-11-12-13-15-19-16-14-17-20(18-19)21(23)22(2)24/h13-18,24H,3-12H2,1-2H3. The molecule has 1 amide bonds. The summed E-state index contributed by atoms with van der Waals surface area (Å²) in [7, 11) is 1.34. The van der Waals surface area contributed by atoms with Crippen LogP contribution in [0.2, 0.25) is 0 Å². The molecule has 0 saturated heterocycles. The van der Waals surface area contributed by atoms with Crippen LogP contribution in [0.1, 0.15) is 87.1 Å². The second kappa shape index (κ2) is 12.8. The minimum atomic E-state index is -0.385. The highest BCUT2D eigenvalue weighted by Crippen LogP contribution is 2.12. The highest BCUT2D eigenvalue weighted by Gasteiger charge is 2.08. The van der Waals surface area contributed by atoms with Gasteiger partial charge in [-0.3, -0.25) is 10.0 Å². The predicted octanol–water partition coefficient (Wildman–Crippen LogP) is 6.08. The molecule has 0 radical (unpaired) electrons. The molecule has 0 bridgehead atoms. The first-order valence-electron chi connectivity index (χ1n) is 9.38. The zero-order valence-electron chi connectivity index (χ0n) is 15.3. The van der Waals surface area contributed by atoms with Crippen molar-refractivity contribution in [3.63, 3.8) is 0 Å². The lowest BCUT2D eigenvalue weighted by Gasteiger charge is -2.08. The summed E-state index contributed by atoms with van der Waals surface area (Å²) in [4.78, 5) is 11.7. The molecule has 24 heavy (non-hydrogen) atoms. The smallest absolute Gasteiger partial charge is 0.276 e. The van der Waals surface area contributed by atoms with Crippen molar-refractivity contribution in [3.05, 3.63) is 41.5 Å². The second-order valence-electron chi connectivity index (χ2n) is 6.47. The summed E-state index contributed by atoms with van der Waals surface area (Å²) in [5, 5.41) is 9.82. The second-order valence-corrected chi connectivity index (χ2v) is 6.47. The first kappa shape index (κ1) is 20.4. The number of benzene rings is 1. The van der Waals surface area contributed by atoms with E-state index in [0.717, 1.165) is 12.0 Å². The van der Waals surface area contributed by atoms with Gasteiger partial charge in [0.1, 0.15) is 0 Å². The molecular weight excluding hydrogens is 298 g/mol. The van der Waals surface area contributed by atoms with E-state index in [4.69, 9.17) is 0 Å². The average Bonchev–Trinajstić information content (AvgIpc) is 2.59. The van der Waals surface area contributed by atoms with Crippen molar-refractivity contribution in [2.75, 3.05) is 7.05 Å². The molecule has 3 nitrogen and oxygen atoms in total. The maximum absolute atomic E-state index is 11.7. The Morgan fingerprint density at radius 2 is 1.67 bits per heavy atom. The molecule has 0 atom stereocenters. The minimum absolute atomic E-state index is 0.385. The summed E-state index contributed by atoms with van der Waals surface area (Å²) in [6, 6.07) is 7.34. The van der Waals surface area contributed by atoms with Gasteiger partial charge >= 0.3 is 0 Å². The van der Waals surface area contributed by atoms with Crippen molar-refractivity contribution in [2.45, 2.75) is 71.1 Å². The first-order chi connectivity index (χ1) is 11.6. The Bertz CT molecular complexity index is 494. The summed E-state index contributed by atoms with van der Waals surface area (Å²) >= 11 is 0. The molecule has 0 unspecified atom stereocenters. The van der Waals surface area contributed by atoms with Crippen LogP contribution in [0.25, 0.3) is 6.08 Å². The number of amides is 1. The van der Waals surface area contributed by atoms with Crippen molar-refractivity contribution in [1.29, 1.82) is 0 Å². The Kier molecular flexibility index (Phi) is 10.9. The predicted molar refractivity (Wildman–Crippen MR) is 101 cm³/mol. The zero-order valence-corrected chi connectivity index (χ0v) is 15.3. The summed E-state index contributed by atoms with van der Waals surface area (Å²) in [5.74, 6) is -0.385. The Hall–Kier alpha value is -1.61. The van der Waals surface area contributed by atoms with Gasteiger partial charge in [-0.1, -0.05) is 82.6 Å². The van der Waals surface area contributed by atoms with Crippen LogP contribution in [-0.2, 0) is 0 Å². The van der Waals surface area contributed by atoms with E-state index in [2.05, 4.69) is 19.1 Å². The van der Waals surface area contributed by atoms with Crippen molar-refractivity contribution in [1.82, 2.24) is 5.06 Å². The molecule has 0 spiro atoms.